The molecular weight excluding hydrogens is 439 g/mol. The quantitative estimate of drug-likeness (QED) is 0.350. The normalized spacial score (nSPS) is 13.7. The zero-order valence-electron chi connectivity index (χ0n) is 15.9. The second-order valence-electron chi connectivity index (χ2n) is 6.68. The number of hydrogen-bond donors (Lipinski definition) is 2. The Labute approximate surface area is 199 Å². The third kappa shape index (κ3) is 6.86. The van der Waals surface area contributed by atoms with E-state index in [1.54, 1.807) is 13.8 Å². The Morgan fingerprint density at radius 3 is 1.20 bits per heavy atom. The van der Waals surface area contributed by atoms with Crippen LogP contribution in [0.4, 0.5) is 0 Å². The van der Waals surface area contributed by atoms with Crippen LogP contribution in [0.25, 0.3) is 0 Å². The Morgan fingerprint density at radius 1 is 0.733 bits per heavy atom. The molecule has 2 rings (SSSR count). The summed E-state index contributed by atoms with van der Waals surface area (Å²) >= 11 is 0. The van der Waals surface area contributed by atoms with Crippen molar-refractivity contribution in [1.29, 1.82) is 0 Å². The van der Waals surface area contributed by atoms with E-state index >= 15 is 0 Å². The molecule has 30 heavy (non-hydrogen) atoms. The number of hydrogen-bond acceptors (Lipinski definition) is 5. The molecule has 2 N–H and O–H groups in total. The van der Waals surface area contributed by atoms with Gasteiger partial charge in [0.15, 0.2) is 0 Å². The summed E-state index contributed by atoms with van der Waals surface area (Å²) in [5.41, 5.74) is 2.52. The fourth-order valence-corrected chi connectivity index (χ4v) is 3.68. The van der Waals surface area contributed by atoms with Crippen molar-refractivity contribution in [3.8, 4) is 0 Å². The van der Waals surface area contributed by atoms with Crippen LogP contribution in [0.5, 0.6) is 0 Å². The van der Waals surface area contributed by atoms with Crippen molar-refractivity contribution in [3.05, 3.63) is 84.0 Å². The van der Waals surface area contributed by atoms with Gasteiger partial charge in [0.25, 0.3) is 20.2 Å². The third-order valence-corrected chi connectivity index (χ3v) is 5.86. The number of ether oxygens (including phenoxy) is 1. The molecule has 2 aromatic rings. The van der Waals surface area contributed by atoms with Gasteiger partial charge in [-0.3, -0.25) is 9.11 Å². The van der Waals surface area contributed by atoms with Crippen molar-refractivity contribution in [2.75, 3.05) is 0 Å². The summed E-state index contributed by atoms with van der Waals surface area (Å²) in [4.78, 5) is -0.474. The average molecular weight is 463 g/mol. The Kier molecular flexibility index (Phi) is 9.22. The van der Waals surface area contributed by atoms with Crippen molar-refractivity contribution in [2.45, 2.75) is 35.8 Å². The minimum absolute atomic E-state index is 0. The van der Waals surface area contributed by atoms with E-state index in [-0.39, 0.29) is 39.3 Å². The van der Waals surface area contributed by atoms with Crippen LogP contribution in [0.2, 0.25) is 0 Å². The molecular formula is C20H23NaO7S2. The van der Waals surface area contributed by atoms with Crippen molar-refractivity contribution in [1.82, 2.24) is 0 Å². The van der Waals surface area contributed by atoms with Gasteiger partial charge in [0.1, 0.15) is 12.2 Å². The SMILES string of the molecule is C=C(C)C(OC(C(=C)C)c1ccc(S(=O)(=O)O)cc1)c1ccc(S(=O)(=O)O)cc1.[NaH]. The van der Waals surface area contributed by atoms with Gasteiger partial charge in [-0.05, 0) is 60.4 Å². The zero-order chi connectivity index (χ0) is 22.0. The van der Waals surface area contributed by atoms with Gasteiger partial charge in [0.2, 0.25) is 0 Å². The zero-order valence-corrected chi connectivity index (χ0v) is 17.6. The Hall–Kier alpha value is -1.30. The number of rotatable bonds is 8. The first kappa shape index (κ1) is 26.7. The van der Waals surface area contributed by atoms with E-state index in [4.69, 9.17) is 13.8 Å². The Balaban J connectivity index is 0.00000450. The molecule has 2 atom stereocenters. The predicted octanol–water partition coefficient (Wildman–Crippen LogP) is 3.48. The average Bonchev–Trinajstić information content (AvgIpc) is 2.60. The molecule has 0 spiro atoms. The summed E-state index contributed by atoms with van der Waals surface area (Å²) in [7, 11) is -8.62. The molecule has 0 aromatic heterocycles. The summed E-state index contributed by atoms with van der Waals surface area (Å²) in [6.07, 6.45) is -1.23. The monoisotopic (exact) mass is 462 g/mol. The molecule has 0 saturated carbocycles. The van der Waals surface area contributed by atoms with Gasteiger partial charge in [-0.2, -0.15) is 16.8 Å². The van der Waals surface area contributed by atoms with E-state index in [0.717, 1.165) is 0 Å². The summed E-state index contributed by atoms with van der Waals surface area (Å²) in [6, 6.07) is 11.1. The predicted molar refractivity (Wildman–Crippen MR) is 116 cm³/mol. The van der Waals surface area contributed by atoms with E-state index in [9.17, 15) is 16.8 Å². The van der Waals surface area contributed by atoms with E-state index in [1.165, 1.54) is 48.5 Å². The molecule has 0 saturated heterocycles. The van der Waals surface area contributed by atoms with Crippen molar-refractivity contribution >= 4 is 49.8 Å². The summed E-state index contributed by atoms with van der Waals surface area (Å²) in [5, 5.41) is 0. The molecule has 0 aliphatic carbocycles. The topological polar surface area (TPSA) is 118 Å². The summed E-state index contributed by atoms with van der Waals surface area (Å²) in [5.74, 6) is 0. The molecule has 0 radical (unpaired) electrons. The maximum atomic E-state index is 11.2. The molecule has 0 fully saturated rings. The van der Waals surface area contributed by atoms with Gasteiger partial charge in [-0.25, -0.2) is 0 Å². The maximum absolute atomic E-state index is 11.2. The Morgan fingerprint density at radius 2 is 1.00 bits per heavy atom. The molecule has 0 aliphatic heterocycles. The van der Waals surface area contributed by atoms with Crippen LogP contribution in [0.3, 0.4) is 0 Å². The standard InChI is InChI=1S/C20H22O7S2.Na.H/c1-13(2)19(15-5-9-17(10-6-15)28(21,22)23)27-20(14(3)4)16-7-11-18(12-8-16)29(24,25)26;;/h5-12,19-20H,1,3H2,2,4H3,(H,21,22,23)(H,24,25,26);;. The van der Waals surface area contributed by atoms with Crippen LogP contribution in [0, 0.1) is 0 Å². The van der Waals surface area contributed by atoms with Crippen molar-refractivity contribution in [3.63, 3.8) is 0 Å². The minimum atomic E-state index is -4.31. The van der Waals surface area contributed by atoms with Crippen molar-refractivity contribution in [2.24, 2.45) is 0 Å². The van der Waals surface area contributed by atoms with Gasteiger partial charge in [-0.15, -0.1) is 0 Å². The molecule has 0 bridgehead atoms. The molecule has 0 heterocycles. The van der Waals surface area contributed by atoms with Crippen molar-refractivity contribution < 1.29 is 30.7 Å². The van der Waals surface area contributed by atoms with E-state index in [0.29, 0.717) is 22.3 Å². The van der Waals surface area contributed by atoms with Crippen LogP contribution < -0.4 is 0 Å². The molecule has 7 nitrogen and oxygen atoms in total. The second kappa shape index (κ2) is 10.3. The molecule has 2 aromatic carbocycles. The van der Waals surface area contributed by atoms with Crippen LogP contribution in [-0.2, 0) is 25.0 Å². The van der Waals surface area contributed by atoms with Crippen LogP contribution in [-0.4, -0.2) is 55.5 Å². The third-order valence-electron chi connectivity index (χ3n) is 4.13. The fraction of sp³-hybridized carbons (Fsp3) is 0.200. The van der Waals surface area contributed by atoms with Gasteiger partial charge >= 0.3 is 29.6 Å². The van der Waals surface area contributed by atoms with Crippen LogP contribution in [0.15, 0.2) is 82.6 Å². The first-order chi connectivity index (χ1) is 13.3. The summed E-state index contributed by atoms with van der Waals surface area (Å²) in [6.45, 7) is 11.3. The van der Waals surface area contributed by atoms with Gasteiger partial charge in [-0.1, -0.05) is 37.4 Å². The van der Waals surface area contributed by atoms with Gasteiger partial charge < -0.3 is 4.74 Å². The van der Waals surface area contributed by atoms with E-state index in [1.807, 2.05) is 0 Å². The fourth-order valence-electron chi connectivity index (χ4n) is 2.72. The van der Waals surface area contributed by atoms with E-state index in [2.05, 4.69) is 13.2 Å². The summed E-state index contributed by atoms with van der Waals surface area (Å²) < 4.78 is 69.4. The van der Waals surface area contributed by atoms with Crippen LogP contribution in [0.1, 0.15) is 37.2 Å². The molecule has 158 valence electrons. The number of benzene rings is 2. The first-order valence-electron chi connectivity index (χ1n) is 8.42. The second-order valence-corrected chi connectivity index (χ2v) is 9.52. The van der Waals surface area contributed by atoms with Gasteiger partial charge in [0, 0.05) is 0 Å². The molecule has 2 unspecified atom stereocenters. The van der Waals surface area contributed by atoms with E-state index < -0.39 is 32.4 Å². The molecule has 0 aliphatic rings. The van der Waals surface area contributed by atoms with Crippen LogP contribution >= 0.6 is 0 Å². The first-order valence-corrected chi connectivity index (χ1v) is 11.3. The Bertz CT molecular complexity index is 1030. The molecule has 10 heteroatoms. The molecule has 0 amide bonds. The van der Waals surface area contributed by atoms with Gasteiger partial charge in [0.05, 0.1) is 9.79 Å².